The van der Waals surface area contributed by atoms with Gasteiger partial charge in [-0.1, -0.05) is 0 Å². The molecule has 0 aromatic heterocycles. The van der Waals surface area contributed by atoms with Crippen molar-refractivity contribution in [1.29, 1.82) is 0 Å². The highest BCUT2D eigenvalue weighted by atomic mass is 16.7. The molecule has 1 N–H and O–H groups in total. The van der Waals surface area contributed by atoms with Crippen LogP contribution in [0.4, 0.5) is 0 Å². The van der Waals surface area contributed by atoms with E-state index in [2.05, 4.69) is 19.2 Å². The Kier molecular flexibility index (Phi) is 3.17. The number of hydrogen-bond acceptors (Lipinski definition) is 3. The van der Waals surface area contributed by atoms with Crippen LogP contribution in [0.2, 0.25) is 0 Å². The van der Waals surface area contributed by atoms with Gasteiger partial charge in [0.2, 0.25) is 5.76 Å². The maximum Gasteiger partial charge on any atom is 0.275 e. The lowest BCUT2D eigenvalue weighted by atomic mass is 10.4. The Morgan fingerprint density at radius 3 is 2.69 bits per heavy atom. The first-order valence-electron chi connectivity index (χ1n) is 4.69. The van der Waals surface area contributed by atoms with Crippen molar-refractivity contribution in [2.75, 3.05) is 33.9 Å². The van der Waals surface area contributed by atoms with E-state index < -0.39 is 0 Å². The largest absolute Gasteiger partial charge is 0.491 e. The summed E-state index contributed by atoms with van der Waals surface area (Å²) in [5.41, 5.74) is 0. The van der Waals surface area contributed by atoms with Crippen LogP contribution in [0.1, 0.15) is 13.8 Å². The Morgan fingerprint density at radius 2 is 2.23 bits per heavy atom. The van der Waals surface area contributed by atoms with E-state index in [0.717, 1.165) is 24.7 Å². The zero-order valence-corrected chi connectivity index (χ0v) is 8.89. The molecular weight excluding hydrogens is 168 g/mol. The van der Waals surface area contributed by atoms with Gasteiger partial charge in [-0.2, -0.15) is 4.84 Å². The Balaban J connectivity index is 2.86. The third-order valence-electron chi connectivity index (χ3n) is 2.41. The summed E-state index contributed by atoms with van der Waals surface area (Å²) in [6.45, 7) is 6.51. The molecule has 0 aromatic carbocycles. The second-order valence-corrected chi connectivity index (χ2v) is 3.20. The van der Waals surface area contributed by atoms with E-state index in [1.165, 1.54) is 0 Å². The van der Waals surface area contributed by atoms with E-state index in [1.807, 2.05) is 7.05 Å². The Hall–Kier alpha value is -0.740. The fraction of sp³-hybridized carbons (Fsp3) is 0.778. The molecule has 1 rings (SSSR count). The molecule has 1 unspecified atom stereocenters. The number of hydroxylamine groups is 3. The highest BCUT2D eigenvalue weighted by Crippen LogP contribution is 2.25. The van der Waals surface area contributed by atoms with Gasteiger partial charge in [0.05, 0.1) is 7.11 Å². The summed E-state index contributed by atoms with van der Waals surface area (Å²) >= 11 is 0. The molecule has 0 spiro atoms. The lowest BCUT2D eigenvalue weighted by molar-refractivity contribution is -1.05. The predicted molar refractivity (Wildman–Crippen MR) is 50.4 cm³/mol. The summed E-state index contributed by atoms with van der Waals surface area (Å²) < 4.78 is 5.73. The number of methoxy groups -OCH3 is 1. The van der Waals surface area contributed by atoms with E-state index in [4.69, 9.17) is 9.57 Å². The molecule has 0 saturated carbocycles. The molecule has 4 heteroatoms. The standard InChI is InChI=1S/C9H19N2O2/c1-5-10-9-8(12-4)7-13-11(9,3)6-2/h10H,5-7H2,1-4H3/q+1. The lowest BCUT2D eigenvalue weighted by Gasteiger charge is -2.26. The van der Waals surface area contributed by atoms with Crippen LogP contribution in [0, 0.1) is 0 Å². The number of ether oxygens (including phenoxy) is 1. The summed E-state index contributed by atoms with van der Waals surface area (Å²) in [4.78, 5) is 5.63. The summed E-state index contributed by atoms with van der Waals surface area (Å²) in [6.07, 6.45) is 0. The summed E-state index contributed by atoms with van der Waals surface area (Å²) in [6, 6.07) is 0. The molecule has 0 saturated heterocycles. The maximum absolute atomic E-state index is 5.63. The average Bonchev–Trinajstić information content (AvgIpc) is 2.46. The molecule has 0 amide bonds. The average molecular weight is 187 g/mol. The van der Waals surface area contributed by atoms with E-state index in [-0.39, 0.29) is 0 Å². The highest BCUT2D eigenvalue weighted by molar-refractivity contribution is 5.02. The first-order chi connectivity index (χ1) is 6.18. The van der Waals surface area contributed by atoms with Crippen molar-refractivity contribution in [3.63, 3.8) is 0 Å². The third-order valence-corrected chi connectivity index (χ3v) is 2.41. The van der Waals surface area contributed by atoms with Gasteiger partial charge in [0, 0.05) is 6.54 Å². The van der Waals surface area contributed by atoms with Gasteiger partial charge < -0.3 is 10.1 Å². The fourth-order valence-corrected chi connectivity index (χ4v) is 1.44. The minimum absolute atomic E-state index is 0.483. The minimum Gasteiger partial charge on any atom is -0.491 e. The SMILES string of the molecule is CCNC1=C(OC)CO[N+]1(C)CC. The molecule has 13 heavy (non-hydrogen) atoms. The number of hydrogen-bond donors (Lipinski definition) is 1. The van der Waals surface area contributed by atoms with Crippen molar-refractivity contribution < 1.29 is 14.2 Å². The van der Waals surface area contributed by atoms with Crippen LogP contribution in [0.5, 0.6) is 0 Å². The first kappa shape index (κ1) is 10.3. The lowest BCUT2D eigenvalue weighted by Crippen LogP contribution is -2.44. The van der Waals surface area contributed by atoms with Gasteiger partial charge in [0.25, 0.3) is 5.82 Å². The third kappa shape index (κ3) is 1.78. The van der Waals surface area contributed by atoms with Crippen LogP contribution >= 0.6 is 0 Å². The van der Waals surface area contributed by atoms with Gasteiger partial charge in [-0.25, -0.2) is 0 Å². The number of rotatable bonds is 4. The molecule has 0 radical (unpaired) electrons. The van der Waals surface area contributed by atoms with Crippen molar-refractivity contribution in [1.82, 2.24) is 5.32 Å². The second kappa shape index (κ2) is 3.98. The minimum atomic E-state index is 0.483. The molecule has 4 nitrogen and oxygen atoms in total. The van der Waals surface area contributed by atoms with Crippen molar-refractivity contribution in [2.24, 2.45) is 0 Å². The number of quaternary nitrogens is 1. The van der Waals surface area contributed by atoms with E-state index in [0.29, 0.717) is 11.3 Å². The van der Waals surface area contributed by atoms with Gasteiger partial charge in [0.1, 0.15) is 13.6 Å². The van der Waals surface area contributed by atoms with Gasteiger partial charge in [0.15, 0.2) is 6.61 Å². The Bertz CT molecular complexity index is 216. The van der Waals surface area contributed by atoms with Gasteiger partial charge >= 0.3 is 0 Å². The summed E-state index contributed by atoms with van der Waals surface area (Å²) in [5, 5.41) is 3.29. The van der Waals surface area contributed by atoms with Crippen LogP contribution in [-0.4, -0.2) is 38.5 Å². The van der Waals surface area contributed by atoms with E-state index >= 15 is 0 Å². The molecule has 0 bridgehead atoms. The predicted octanol–water partition coefficient (Wildman–Crippen LogP) is 0.823. The molecule has 0 aliphatic carbocycles. The van der Waals surface area contributed by atoms with E-state index in [9.17, 15) is 0 Å². The van der Waals surface area contributed by atoms with Crippen LogP contribution in [0.15, 0.2) is 11.6 Å². The molecule has 1 aliphatic rings. The summed E-state index contributed by atoms with van der Waals surface area (Å²) in [7, 11) is 3.71. The van der Waals surface area contributed by atoms with Gasteiger partial charge in [-0.15, -0.1) is 4.65 Å². The Labute approximate surface area is 79.7 Å². The molecule has 76 valence electrons. The molecule has 1 aliphatic heterocycles. The van der Waals surface area contributed by atoms with Crippen molar-refractivity contribution in [2.45, 2.75) is 13.8 Å². The highest BCUT2D eigenvalue weighted by Gasteiger charge is 2.39. The monoisotopic (exact) mass is 187 g/mol. The molecule has 0 aromatic rings. The first-order valence-corrected chi connectivity index (χ1v) is 4.69. The fourth-order valence-electron chi connectivity index (χ4n) is 1.44. The molecular formula is C9H19N2O2+. The number of nitrogens with zero attached hydrogens (tertiary/aromatic N) is 1. The van der Waals surface area contributed by atoms with Crippen LogP contribution in [0.3, 0.4) is 0 Å². The topological polar surface area (TPSA) is 30.5 Å². The van der Waals surface area contributed by atoms with Crippen molar-refractivity contribution in [3.8, 4) is 0 Å². The van der Waals surface area contributed by atoms with Gasteiger partial charge in [-0.05, 0) is 13.8 Å². The van der Waals surface area contributed by atoms with Crippen LogP contribution in [0.25, 0.3) is 0 Å². The summed E-state index contributed by atoms with van der Waals surface area (Å²) in [5.74, 6) is 1.96. The van der Waals surface area contributed by atoms with Crippen LogP contribution < -0.4 is 5.32 Å². The van der Waals surface area contributed by atoms with Crippen molar-refractivity contribution in [3.05, 3.63) is 11.6 Å². The van der Waals surface area contributed by atoms with Crippen LogP contribution in [-0.2, 0) is 9.57 Å². The molecule has 1 atom stereocenters. The second-order valence-electron chi connectivity index (χ2n) is 3.20. The van der Waals surface area contributed by atoms with E-state index in [1.54, 1.807) is 7.11 Å². The smallest absolute Gasteiger partial charge is 0.275 e. The quantitative estimate of drug-likeness (QED) is 0.661. The maximum atomic E-state index is 5.63. The number of nitrogens with one attached hydrogen (secondary N) is 1. The van der Waals surface area contributed by atoms with Gasteiger partial charge in [-0.3, -0.25) is 0 Å². The Morgan fingerprint density at radius 1 is 1.54 bits per heavy atom. The van der Waals surface area contributed by atoms with Crippen molar-refractivity contribution >= 4 is 0 Å². The zero-order chi connectivity index (χ0) is 9.90. The normalized spacial score (nSPS) is 28.0. The molecule has 0 fully saturated rings. The molecule has 1 heterocycles. The zero-order valence-electron chi connectivity index (χ0n) is 8.89.